The van der Waals surface area contributed by atoms with Crippen LogP contribution in [0.1, 0.15) is 49.6 Å². The lowest BCUT2D eigenvalue weighted by Gasteiger charge is -2.16. The van der Waals surface area contributed by atoms with Crippen LogP contribution in [0, 0.1) is 5.82 Å². The van der Waals surface area contributed by atoms with Crippen LogP contribution in [0.25, 0.3) is 21.1 Å². The van der Waals surface area contributed by atoms with Crippen molar-refractivity contribution in [3.8, 4) is 0 Å². The number of halogens is 1. The molecule has 25 heavy (non-hydrogen) atoms. The molecule has 0 aliphatic heterocycles. The van der Waals surface area contributed by atoms with Crippen LogP contribution in [-0.4, -0.2) is 15.0 Å². The van der Waals surface area contributed by atoms with Crippen molar-refractivity contribution in [3.63, 3.8) is 0 Å². The molecule has 2 heterocycles. The zero-order valence-electron chi connectivity index (χ0n) is 13.5. The van der Waals surface area contributed by atoms with Gasteiger partial charge in [-0.1, -0.05) is 0 Å². The minimum absolute atomic E-state index is 0.0998. The van der Waals surface area contributed by atoms with Gasteiger partial charge < -0.3 is 10.3 Å². The summed E-state index contributed by atoms with van der Waals surface area (Å²) in [6, 6.07) is 3.55. The molecule has 3 N–H and O–H groups in total. The number of nitrogens with zero attached hydrogens (tertiary/aromatic N) is 1. The topological polar surface area (TPSA) is 80.9 Å². The third kappa shape index (κ3) is 2.22. The highest BCUT2D eigenvalue weighted by molar-refractivity contribution is 7.12. The fourth-order valence-corrected chi connectivity index (χ4v) is 5.10. The van der Waals surface area contributed by atoms with Crippen LogP contribution in [0.4, 0.5) is 4.39 Å². The van der Waals surface area contributed by atoms with Gasteiger partial charge in [-0.3, -0.25) is 14.0 Å². The molecule has 2 atom stereocenters. The van der Waals surface area contributed by atoms with Crippen LogP contribution >= 0.6 is 11.5 Å². The van der Waals surface area contributed by atoms with E-state index in [1.54, 1.807) is 0 Å². The minimum atomic E-state index is -0.382. The summed E-state index contributed by atoms with van der Waals surface area (Å²) in [7, 11) is 0. The van der Waals surface area contributed by atoms with Crippen molar-refractivity contribution in [2.24, 2.45) is 5.73 Å². The molecule has 0 radical (unpaired) electrons. The van der Waals surface area contributed by atoms with Gasteiger partial charge >= 0.3 is 0 Å². The molecule has 5 nitrogen and oxygen atoms in total. The largest absolute Gasteiger partial charge is 0.328 e. The molecular formula is C18H18FN3O2S. The Morgan fingerprint density at radius 3 is 2.68 bits per heavy atom. The standard InChI is InChI=1S/C18H18FN3O2S/c19-13-6-12-14(7-11(13)8-1-2-9(20)5-8)22(10-3-4-10)18-15(16(12)23)17(24)21-25-18/h6-10H,1-5,20H2,(H,21,24). The Morgan fingerprint density at radius 2 is 2.00 bits per heavy atom. The maximum absolute atomic E-state index is 14.8. The molecule has 130 valence electrons. The molecular weight excluding hydrogens is 341 g/mol. The molecule has 0 bridgehead atoms. The fourth-order valence-electron chi connectivity index (χ4n) is 4.17. The van der Waals surface area contributed by atoms with E-state index in [1.165, 1.54) is 17.6 Å². The Kier molecular flexibility index (Phi) is 3.21. The van der Waals surface area contributed by atoms with Gasteiger partial charge in [-0.25, -0.2) is 4.39 Å². The summed E-state index contributed by atoms with van der Waals surface area (Å²) in [5.74, 6) is -0.264. The molecule has 0 saturated heterocycles. The van der Waals surface area contributed by atoms with Crippen LogP contribution in [-0.2, 0) is 0 Å². The quantitative estimate of drug-likeness (QED) is 0.738. The number of fused-ring (bicyclic) bond motifs is 2. The van der Waals surface area contributed by atoms with E-state index in [4.69, 9.17) is 5.73 Å². The van der Waals surface area contributed by atoms with Crippen LogP contribution < -0.4 is 16.7 Å². The average Bonchev–Trinajstić information content (AvgIpc) is 3.21. The summed E-state index contributed by atoms with van der Waals surface area (Å²) >= 11 is 1.19. The third-order valence-corrected chi connectivity index (χ3v) is 6.45. The van der Waals surface area contributed by atoms with Crippen molar-refractivity contribution in [1.29, 1.82) is 0 Å². The predicted molar refractivity (Wildman–Crippen MR) is 97.0 cm³/mol. The molecule has 0 amide bonds. The van der Waals surface area contributed by atoms with E-state index in [2.05, 4.69) is 8.94 Å². The van der Waals surface area contributed by atoms with E-state index in [0.717, 1.165) is 37.6 Å². The van der Waals surface area contributed by atoms with Crippen molar-refractivity contribution in [2.45, 2.75) is 50.1 Å². The van der Waals surface area contributed by atoms with Gasteiger partial charge in [0.25, 0.3) is 5.56 Å². The molecule has 2 aliphatic carbocycles. The molecule has 0 spiro atoms. The number of nitrogens with two attached hydrogens (primary N) is 1. The molecule has 2 aliphatic rings. The Balaban J connectivity index is 1.86. The normalized spacial score (nSPS) is 23.8. The first-order valence-corrected chi connectivity index (χ1v) is 9.50. The highest BCUT2D eigenvalue weighted by Crippen LogP contribution is 2.41. The second kappa shape index (κ2) is 5.25. The van der Waals surface area contributed by atoms with E-state index in [1.807, 2.05) is 6.07 Å². The SMILES string of the molecule is NC1CCC(c2cc3c(cc2F)c(=O)c2c(=O)[nH]sc2n3C2CC2)C1. The van der Waals surface area contributed by atoms with Crippen molar-refractivity contribution in [1.82, 2.24) is 8.94 Å². The number of hydrogen-bond donors (Lipinski definition) is 2. The molecule has 3 aromatic rings. The monoisotopic (exact) mass is 359 g/mol. The van der Waals surface area contributed by atoms with E-state index >= 15 is 0 Å². The molecule has 2 fully saturated rings. The fraction of sp³-hybridized carbons (Fsp3) is 0.444. The Bertz CT molecular complexity index is 1130. The minimum Gasteiger partial charge on any atom is -0.328 e. The van der Waals surface area contributed by atoms with Crippen molar-refractivity contribution < 1.29 is 4.39 Å². The Morgan fingerprint density at radius 1 is 1.20 bits per heavy atom. The van der Waals surface area contributed by atoms with Crippen LogP contribution in [0.15, 0.2) is 21.7 Å². The predicted octanol–water partition coefficient (Wildman–Crippen LogP) is 2.97. The van der Waals surface area contributed by atoms with E-state index < -0.39 is 0 Å². The Hall–Kier alpha value is -1.99. The highest BCUT2D eigenvalue weighted by atomic mass is 32.1. The van der Waals surface area contributed by atoms with E-state index in [9.17, 15) is 14.0 Å². The Labute approximate surface area is 146 Å². The van der Waals surface area contributed by atoms with Crippen molar-refractivity contribution >= 4 is 32.7 Å². The van der Waals surface area contributed by atoms with Gasteiger partial charge in [0.2, 0.25) is 5.43 Å². The summed E-state index contributed by atoms with van der Waals surface area (Å²) in [5.41, 5.74) is 6.63. The first-order valence-electron chi connectivity index (χ1n) is 8.69. The van der Waals surface area contributed by atoms with Crippen molar-refractivity contribution in [3.05, 3.63) is 44.1 Å². The highest BCUT2D eigenvalue weighted by Gasteiger charge is 2.31. The second-order valence-corrected chi connectivity index (χ2v) is 8.10. The summed E-state index contributed by atoms with van der Waals surface area (Å²) in [5, 5.41) is 0.450. The van der Waals surface area contributed by atoms with E-state index in [-0.39, 0.29) is 40.2 Å². The van der Waals surface area contributed by atoms with Crippen LogP contribution in [0.2, 0.25) is 0 Å². The smallest absolute Gasteiger partial charge is 0.271 e. The maximum atomic E-state index is 14.8. The lowest BCUT2D eigenvalue weighted by molar-refractivity contribution is 0.577. The number of pyridine rings is 1. The van der Waals surface area contributed by atoms with Gasteiger partial charge in [-0.05, 0) is 67.3 Å². The summed E-state index contributed by atoms with van der Waals surface area (Å²) in [6.07, 6.45) is 4.57. The zero-order valence-corrected chi connectivity index (χ0v) is 14.4. The number of benzene rings is 1. The summed E-state index contributed by atoms with van der Waals surface area (Å²) in [6.45, 7) is 0. The molecule has 5 rings (SSSR count). The van der Waals surface area contributed by atoms with Crippen LogP contribution in [0.3, 0.4) is 0 Å². The first-order chi connectivity index (χ1) is 12.0. The van der Waals surface area contributed by atoms with Crippen LogP contribution in [0.5, 0.6) is 0 Å². The molecule has 7 heteroatoms. The molecule has 2 saturated carbocycles. The number of aromatic amines is 1. The van der Waals surface area contributed by atoms with E-state index in [0.29, 0.717) is 15.8 Å². The molecule has 2 unspecified atom stereocenters. The zero-order chi connectivity index (χ0) is 17.3. The number of nitrogens with one attached hydrogen (secondary N) is 1. The first kappa shape index (κ1) is 15.3. The van der Waals surface area contributed by atoms with Gasteiger partial charge in [0.05, 0.1) is 5.52 Å². The van der Waals surface area contributed by atoms with Gasteiger partial charge in [0.15, 0.2) is 0 Å². The summed E-state index contributed by atoms with van der Waals surface area (Å²) < 4.78 is 19.5. The number of H-pyrrole nitrogens is 1. The molecule has 1 aromatic carbocycles. The maximum Gasteiger partial charge on any atom is 0.271 e. The average molecular weight is 359 g/mol. The van der Waals surface area contributed by atoms with Gasteiger partial charge in [-0.15, -0.1) is 0 Å². The lowest BCUT2D eigenvalue weighted by atomic mass is 9.95. The van der Waals surface area contributed by atoms with Gasteiger partial charge in [-0.2, -0.15) is 0 Å². The number of hydrogen-bond acceptors (Lipinski definition) is 4. The third-order valence-electron chi connectivity index (χ3n) is 5.57. The lowest BCUT2D eigenvalue weighted by Crippen LogP contribution is -2.16. The number of aromatic nitrogens is 2. The van der Waals surface area contributed by atoms with Gasteiger partial charge in [0.1, 0.15) is 16.0 Å². The number of rotatable bonds is 2. The summed E-state index contributed by atoms with van der Waals surface area (Å²) in [4.78, 5) is 25.5. The van der Waals surface area contributed by atoms with Gasteiger partial charge in [0, 0.05) is 17.5 Å². The molecule has 2 aromatic heterocycles. The van der Waals surface area contributed by atoms with Crippen molar-refractivity contribution in [2.75, 3.05) is 0 Å². The second-order valence-electron chi connectivity index (χ2n) is 7.30.